The molecule has 0 saturated carbocycles. The highest BCUT2D eigenvalue weighted by molar-refractivity contribution is 7.98. The van der Waals surface area contributed by atoms with Crippen LogP contribution in [0.2, 0.25) is 5.02 Å². The average molecular weight is 328 g/mol. The van der Waals surface area contributed by atoms with Gasteiger partial charge in [-0.2, -0.15) is 0 Å². The molecule has 0 spiro atoms. The number of carboxylic acid groups (broad SMARTS) is 1. The summed E-state index contributed by atoms with van der Waals surface area (Å²) in [6, 6.07) is 5.34. The van der Waals surface area contributed by atoms with Crippen molar-refractivity contribution >= 4 is 35.2 Å². The van der Waals surface area contributed by atoms with Gasteiger partial charge in [0.15, 0.2) is 0 Å². The van der Waals surface area contributed by atoms with Gasteiger partial charge in [-0.05, 0) is 37.3 Å². The molecule has 1 heterocycles. The summed E-state index contributed by atoms with van der Waals surface area (Å²) in [5.74, 6) is -1.02. The lowest BCUT2D eigenvalue weighted by molar-refractivity contribution is -0.148. The molecule has 0 aliphatic carbocycles. The highest BCUT2D eigenvalue weighted by Gasteiger charge is 2.45. The van der Waals surface area contributed by atoms with E-state index in [9.17, 15) is 14.7 Å². The van der Waals surface area contributed by atoms with Crippen LogP contribution >= 0.6 is 23.4 Å². The Labute approximate surface area is 133 Å². The third kappa shape index (κ3) is 3.04. The number of carboxylic acids is 1. The van der Waals surface area contributed by atoms with Crippen molar-refractivity contribution in [3.63, 3.8) is 0 Å². The average Bonchev–Trinajstić information content (AvgIpc) is 2.93. The molecule has 1 saturated heterocycles. The van der Waals surface area contributed by atoms with Crippen molar-refractivity contribution in [3.05, 3.63) is 28.8 Å². The van der Waals surface area contributed by atoms with Crippen LogP contribution in [0.1, 0.15) is 30.1 Å². The maximum absolute atomic E-state index is 12.6. The predicted octanol–water partition coefficient (Wildman–Crippen LogP) is 3.39. The summed E-state index contributed by atoms with van der Waals surface area (Å²) in [5.41, 5.74) is -0.375. The third-order valence-corrected chi connectivity index (χ3v) is 5.23. The van der Waals surface area contributed by atoms with Gasteiger partial charge < -0.3 is 10.0 Å². The molecule has 21 heavy (non-hydrogen) atoms. The maximum atomic E-state index is 12.6. The number of hydrogen-bond acceptors (Lipinski definition) is 3. The lowest BCUT2D eigenvalue weighted by Gasteiger charge is -2.23. The predicted molar refractivity (Wildman–Crippen MR) is 84.1 cm³/mol. The van der Waals surface area contributed by atoms with Crippen molar-refractivity contribution in [2.24, 2.45) is 5.41 Å². The SMILES string of the molecule is CCC1(C(=O)O)CCN(C(=O)c2cc(SC)ccc2Cl)C1. The number of rotatable bonds is 4. The molecule has 1 aliphatic rings. The molecule has 1 N–H and O–H groups in total. The Morgan fingerprint density at radius 1 is 1.48 bits per heavy atom. The van der Waals surface area contributed by atoms with Crippen molar-refractivity contribution < 1.29 is 14.7 Å². The number of halogens is 1. The van der Waals surface area contributed by atoms with E-state index in [1.165, 1.54) is 11.8 Å². The molecule has 0 aromatic heterocycles. The summed E-state index contributed by atoms with van der Waals surface area (Å²) in [7, 11) is 0. The normalized spacial score (nSPS) is 21.6. The van der Waals surface area contributed by atoms with Gasteiger partial charge in [-0.1, -0.05) is 18.5 Å². The first-order valence-electron chi connectivity index (χ1n) is 6.80. The van der Waals surface area contributed by atoms with Crippen LogP contribution in [0, 0.1) is 5.41 Å². The Morgan fingerprint density at radius 3 is 2.71 bits per heavy atom. The van der Waals surface area contributed by atoms with Gasteiger partial charge in [0, 0.05) is 18.0 Å². The number of benzene rings is 1. The number of carbonyl (C=O) groups excluding carboxylic acids is 1. The summed E-state index contributed by atoms with van der Waals surface area (Å²) >= 11 is 7.66. The lowest BCUT2D eigenvalue weighted by Crippen LogP contribution is -2.36. The quantitative estimate of drug-likeness (QED) is 0.861. The largest absolute Gasteiger partial charge is 0.481 e. The van der Waals surface area contributed by atoms with E-state index in [-0.39, 0.29) is 12.5 Å². The van der Waals surface area contributed by atoms with Crippen molar-refractivity contribution in [2.75, 3.05) is 19.3 Å². The molecule has 1 aliphatic heterocycles. The molecule has 0 radical (unpaired) electrons. The first kappa shape index (κ1) is 16.2. The molecule has 1 amide bonds. The van der Waals surface area contributed by atoms with Gasteiger partial charge in [0.2, 0.25) is 0 Å². The van der Waals surface area contributed by atoms with Crippen molar-refractivity contribution in [1.82, 2.24) is 4.90 Å². The Morgan fingerprint density at radius 2 is 2.19 bits per heavy atom. The van der Waals surface area contributed by atoms with E-state index in [4.69, 9.17) is 11.6 Å². The maximum Gasteiger partial charge on any atom is 0.311 e. The summed E-state index contributed by atoms with van der Waals surface area (Å²) in [6.45, 7) is 2.56. The minimum Gasteiger partial charge on any atom is -0.481 e. The minimum atomic E-state index is -0.829. The third-order valence-electron chi connectivity index (χ3n) is 4.18. The lowest BCUT2D eigenvalue weighted by atomic mass is 9.84. The second-order valence-electron chi connectivity index (χ2n) is 5.26. The highest BCUT2D eigenvalue weighted by atomic mass is 35.5. The first-order chi connectivity index (χ1) is 9.93. The van der Waals surface area contributed by atoms with Crippen LogP contribution in [0.4, 0.5) is 0 Å². The van der Waals surface area contributed by atoms with Crippen LogP contribution in [-0.4, -0.2) is 41.2 Å². The van der Waals surface area contributed by atoms with Crippen LogP contribution < -0.4 is 0 Å². The number of likely N-dealkylation sites (tertiary alicyclic amines) is 1. The number of hydrogen-bond donors (Lipinski definition) is 1. The topological polar surface area (TPSA) is 57.6 Å². The molecule has 0 bridgehead atoms. The molecule has 4 nitrogen and oxygen atoms in total. The van der Waals surface area contributed by atoms with E-state index in [1.54, 1.807) is 17.0 Å². The Bertz CT molecular complexity index is 578. The summed E-state index contributed by atoms with van der Waals surface area (Å²) in [6.07, 6.45) is 2.94. The molecule has 1 unspecified atom stereocenters. The smallest absolute Gasteiger partial charge is 0.311 e. The second-order valence-corrected chi connectivity index (χ2v) is 6.55. The summed E-state index contributed by atoms with van der Waals surface area (Å²) < 4.78 is 0. The Hall–Kier alpha value is -1.20. The molecule has 6 heteroatoms. The highest BCUT2D eigenvalue weighted by Crippen LogP contribution is 2.35. The van der Waals surface area contributed by atoms with E-state index in [0.29, 0.717) is 30.0 Å². The van der Waals surface area contributed by atoms with Gasteiger partial charge in [-0.25, -0.2) is 0 Å². The molecule has 1 aromatic rings. The monoisotopic (exact) mass is 327 g/mol. The van der Waals surface area contributed by atoms with Crippen LogP contribution in [-0.2, 0) is 4.79 Å². The Kier molecular flexibility index (Phi) is 4.84. The van der Waals surface area contributed by atoms with Gasteiger partial charge in [-0.3, -0.25) is 9.59 Å². The number of carbonyl (C=O) groups is 2. The summed E-state index contributed by atoms with van der Waals surface area (Å²) in [4.78, 5) is 26.6. The molecule has 2 rings (SSSR count). The molecule has 1 aromatic carbocycles. The summed E-state index contributed by atoms with van der Waals surface area (Å²) in [5, 5.41) is 9.81. The zero-order valence-electron chi connectivity index (χ0n) is 12.1. The van der Waals surface area contributed by atoms with Crippen LogP contribution in [0.5, 0.6) is 0 Å². The molecular formula is C15H18ClNO3S. The Balaban J connectivity index is 2.24. The van der Waals surface area contributed by atoms with Gasteiger partial charge >= 0.3 is 5.97 Å². The fraction of sp³-hybridized carbons (Fsp3) is 0.467. The second kappa shape index (κ2) is 6.28. The standard InChI is InChI=1S/C15H18ClNO3S/c1-3-15(14(19)20)6-7-17(9-15)13(18)11-8-10(21-2)4-5-12(11)16/h4-5,8H,3,6-7,9H2,1-2H3,(H,19,20). The zero-order valence-corrected chi connectivity index (χ0v) is 13.6. The molecule has 1 atom stereocenters. The molecular weight excluding hydrogens is 310 g/mol. The number of thioether (sulfide) groups is 1. The first-order valence-corrected chi connectivity index (χ1v) is 8.40. The number of nitrogens with zero attached hydrogens (tertiary/aromatic N) is 1. The van der Waals surface area contributed by atoms with E-state index in [0.717, 1.165) is 4.90 Å². The van der Waals surface area contributed by atoms with E-state index >= 15 is 0 Å². The van der Waals surface area contributed by atoms with Crippen molar-refractivity contribution in [2.45, 2.75) is 24.7 Å². The van der Waals surface area contributed by atoms with Crippen LogP contribution in [0.3, 0.4) is 0 Å². The molecule has 114 valence electrons. The van der Waals surface area contributed by atoms with Crippen molar-refractivity contribution in [3.8, 4) is 0 Å². The van der Waals surface area contributed by atoms with Gasteiger partial charge in [-0.15, -0.1) is 11.8 Å². The fourth-order valence-electron chi connectivity index (χ4n) is 2.63. The van der Waals surface area contributed by atoms with E-state index in [1.807, 2.05) is 19.2 Å². The van der Waals surface area contributed by atoms with E-state index in [2.05, 4.69) is 0 Å². The minimum absolute atomic E-state index is 0.188. The zero-order chi connectivity index (χ0) is 15.6. The number of aliphatic carboxylic acids is 1. The number of amides is 1. The van der Waals surface area contributed by atoms with E-state index < -0.39 is 11.4 Å². The van der Waals surface area contributed by atoms with Crippen LogP contribution in [0.15, 0.2) is 23.1 Å². The molecule has 1 fully saturated rings. The van der Waals surface area contributed by atoms with Gasteiger partial charge in [0.25, 0.3) is 5.91 Å². The van der Waals surface area contributed by atoms with Crippen molar-refractivity contribution in [1.29, 1.82) is 0 Å². The fourth-order valence-corrected chi connectivity index (χ4v) is 3.26. The van der Waals surface area contributed by atoms with Gasteiger partial charge in [0.1, 0.15) is 0 Å². The van der Waals surface area contributed by atoms with Crippen LogP contribution in [0.25, 0.3) is 0 Å². The van der Waals surface area contributed by atoms with Gasteiger partial charge in [0.05, 0.1) is 16.0 Å².